The Labute approximate surface area is 128 Å². The van der Waals surface area contributed by atoms with Gasteiger partial charge in [0.1, 0.15) is 6.10 Å². The smallest absolute Gasteiger partial charge is 0.249 e. The Kier molecular flexibility index (Phi) is 4.80. The van der Waals surface area contributed by atoms with Crippen LogP contribution in [0, 0.1) is 0 Å². The van der Waals surface area contributed by atoms with E-state index < -0.39 is 0 Å². The van der Waals surface area contributed by atoms with Crippen molar-refractivity contribution in [3.05, 3.63) is 36.2 Å². The summed E-state index contributed by atoms with van der Waals surface area (Å²) in [5, 5.41) is 6.85. The highest BCUT2D eigenvalue weighted by Gasteiger charge is 2.22. The lowest BCUT2D eigenvalue weighted by Gasteiger charge is -2.09. The first kappa shape index (κ1) is 14.7. The molecule has 2 heterocycles. The van der Waals surface area contributed by atoms with Crippen molar-refractivity contribution in [3.8, 4) is 11.4 Å². The van der Waals surface area contributed by atoms with E-state index in [1.807, 2.05) is 30.3 Å². The van der Waals surface area contributed by atoms with Crippen molar-refractivity contribution >= 4 is 5.91 Å². The molecule has 0 bridgehead atoms. The molecule has 1 fully saturated rings. The number of hydrogen-bond acceptors (Lipinski definition) is 5. The van der Waals surface area contributed by atoms with E-state index in [9.17, 15) is 4.79 Å². The van der Waals surface area contributed by atoms with Crippen LogP contribution in [0.2, 0.25) is 0 Å². The molecule has 116 valence electrons. The van der Waals surface area contributed by atoms with E-state index in [0.29, 0.717) is 31.3 Å². The number of nitrogens with one attached hydrogen (secondary N) is 1. The fourth-order valence-electron chi connectivity index (χ4n) is 2.41. The second-order valence-electron chi connectivity index (χ2n) is 5.27. The minimum absolute atomic E-state index is 0.0204. The van der Waals surface area contributed by atoms with Gasteiger partial charge in [-0.05, 0) is 19.3 Å². The summed E-state index contributed by atoms with van der Waals surface area (Å²) in [4.78, 5) is 16.1. The summed E-state index contributed by atoms with van der Waals surface area (Å²) in [5.41, 5.74) is 0.934. The number of carbonyl (C=O) groups is 1. The quantitative estimate of drug-likeness (QED) is 0.825. The maximum Gasteiger partial charge on any atom is 0.249 e. The van der Waals surface area contributed by atoms with Crippen molar-refractivity contribution in [2.24, 2.45) is 0 Å². The number of rotatable bonds is 6. The van der Waals surface area contributed by atoms with Gasteiger partial charge in [0.15, 0.2) is 0 Å². The molecule has 22 heavy (non-hydrogen) atoms. The predicted octanol–water partition coefficient (Wildman–Crippen LogP) is 1.96. The molecule has 1 saturated heterocycles. The summed E-state index contributed by atoms with van der Waals surface area (Å²) in [5.74, 6) is 1.16. The van der Waals surface area contributed by atoms with Crippen molar-refractivity contribution in [1.82, 2.24) is 15.5 Å². The van der Waals surface area contributed by atoms with Crippen LogP contribution >= 0.6 is 0 Å². The Hall–Kier alpha value is -2.21. The van der Waals surface area contributed by atoms with Gasteiger partial charge in [0, 0.05) is 25.1 Å². The minimum atomic E-state index is -0.270. The maximum atomic E-state index is 11.8. The molecule has 1 amide bonds. The summed E-state index contributed by atoms with van der Waals surface area (Å²) in [6.07, 6.45) is 2.91. The van der Waals surface area contributed by atoms with E-state index in [-0.39, 0.29) is 12.0 Å². The molecule has 0 spiro atoms. The van der Waals surface area contributed by atoms with Crippen LogP contribution < -0.4 is 5.32 Å². The largest absolute Gasteiger partial charge is 0.368 e. The first-order valence-corrected chi connectivity index (χ1v) is 7.60. The van der Waals surface area contributed by atoms with Crippen LogP contribution in [0.5, 0.6) is 0 Å². The highest BCUT2D eigenvalue weighted by atomic mass is 16.5. The standard InChI is InChI=1S/C16H19N3O3/c20-16(13-8-5-11-21-13)17-10-4-9-14-18-15(19-22-14)12-6-2-1-3-7-12/h1-3,6-7,13H,4-5,8-11H2,(H,17,20). The van der Waals surface area contributed by atoms with Crippen LogP contribution in [0.4, 0.5) is 0 Å². The molecule has 1 N–H and O–H groups in total. The second-order valence-corrected chi connectivity index (χ2v) is 5.27. The lowest BCUT2D eigenvalue weighted by molar-refractivity contribution is -0.130. The molecule has 0 aliphatic carbocycles. The molecule has 6 heteroatoms. The normalized spacial score (nSPS) is 17.5. The minimum Gasteiger partial charge on any atom is -0.368 e. The Bertz CT molecular complexity index is 606. The molecule has 1 aromatic heterocycles. The highest BCUT2D eigenvalue weighted by molar-refractivity contribution is 5.80. The molecule has 0 radical (unpaired) electrons. The fourth-order valence-corrected chi connectivity index (χ4v) is 2.41. The van der Waals surface area contributed by atoms with Gasteiger partial charge in [-0.15, -0.1) is 0 Å². The molecule has 1 unspecified atom stereocenters. The predicted molar refractivity (Wildman–Crippen MR) is 80.0 cm³/mol. The van der Waals surface area contributed by atoms with Gasteiger partial charge in [-0.3, -0.25) is 4.79 Å². The monoisotopic (exact) mass is 301 g/mol. The SMILES string of the molecule is O=C(NCCCc1nc(-c2ccccc2)no1)C1CCCO1. The third-order valence-electron chi connectivity index (χ3n) is 3.59. The van der Waals surface area contributed by atoms with Crippen molar-refractivity contribution in [2.45, 2.75) is 31.8 Å². The van der Waals surface area contributed by atoms with E-state index in [1.165, 1.54) is 0 Å². The van der Waals surface area contributed by atoms with Gasteiger partial charge in [-0.25, -0.2) is 0 Å². The summed E-state index contributed by atoms with van der Waals surface area (Å²) >= 11 is 0. The zero-order valence-corrected chi connectivity index (χ0v) is 12.3. The van der Waals surface area contributed by atoms with Crippen molar-refractivity contribution in [2.75, 3.05) is 13.2 Å². The van der Waals surface area contributed by atoms with Gasteiger partial charge >= 0.3 is 0 Å². The molecular weight excluding hydrogens is 282 g/mol. The first-order valence-electron chi connectivity index (χ1n) is 7.60. The third kappa shape index (κ3) is 3.71. The van der Waals surface area contributed by atoms with E-state index in [1.54, 1.807) is 0 Å². The third-order valence-corrected chi connectivity index (χ3v) is 3.59. The molecular formula is C16H19N3O3. The summed E-state index contributed by atoms with van der Waals surface area (Å²) < 4.78 is 10.6. The molecule has 1 aromatic carbocycles. The topological polar surface area (TPSA) is 77.3 Å². The van der Waals surface area contributed by atoms with Crippen molar-refractivity contribution < 1.29 is 14.1 Å². The van der Waals surface area contributed by atoms with Gasteiger partial charge < -0.3 is 14.6 Å². The Morgan fingerprint density at radius 3 is 2.95 bits per heavy atom. The Balaban J connectivity index is 1.42. The van der Waals surface area contributed by atoms with Crippen LogP contribution in [0.1, 0.15) is 25.2 Å². The first-order chi connectivity index (χ1) is 10.8. The van der Waals surface area contributed by atoms with E-state index >= 15 is 0 Å². The average molecular weight is 301 g/mol. The average Bonchev–Trinajstić information content (AvgIpc) is 3.24. The Morgan fingerprint density at radius 2 is 2.18 bits per heavy atom. The molecule has 1 atom stereocenters. The van der Waals surface area contributed by atoms with Crippen LogP contribution in [0.15, 0.2) is 34.9 Å². The molecule has 3 rings (SSSR count). The van der Waals surface area contributed by atoms with Gasteiger partial charge in [0.25, 0.3) is 0 Å². The van der Waals surface area contributed by atoms with Gasteiger partial charge in [0.05, 0.1) is 0 Å². The van der Waals surface area contributed by atoms with Gasteiger partial charge in [-0.2, -0.15) is 4.98 Å². The van der Waals surface area contributed by atoms with Crippen LogP contribution in [-0.4, -0.2) is 35.3 Å². The molecule has 6 nitrogen and oxygen atoms in total. The fraction of sp³-hybridized carbons (Fsp3) is 0.438. The van der Waals surface area contributed by atoms with Crippen LogP contribution in [0.3, 0.4) is 0 Å². The molecule has 1 aliphatic heterocycles. The van der Waals surface area contributed by atoms with Gasteiger partial charge in [0.2, 0.25) is 17.6 Å². The number of benzene rings is 1. The number of aromatic nitrogens is 2. The summed E-state index contributed by atoms with van der Waals surface area (Å²) in [6, 6.07) is 9.70. The zero-order valence-electron chi connectivity index (χ0n) is 12.3. The second kappa shape index (κ2) is 7.17. The molecule has 1 aliphatic rings. The number of nitrogens with zero attached hydrogens (tertiary/aromatic N) is 2. The summed E-state index contributed by atoms with van der Waals surface area (Å²) in [6.45, 7) is 1.27. The van der Waals surface area contributed by atoms with Gasteiger partial charge in [-0.1, -0.05) is 35.5 Å². The lowest BCUT2D eigenvalue weighted by Crippen LogP contribution is -2.34. The van der Waals surface area contributed by atoms with E-state index in [4.69, 9.17) is 9.26 Å². The number of carbonyl (C=O) groups excluding carboxylic acids is 1. The van der Waals surface area contributed by atoms with Crippen LogP contribution in [0.25, 0.3) is 11.4 Å². The highest BCUT2D eigenvalue weighted by Crippen LogP contribution is 2.15. The zero-order chi connectivity index (χ0) is 15.2. The van der Waals surface area contributed by atoms with Crippen molar-refractivity contribution in [3.63, 3.8) is 0 Å². The maximum absolute atomic E-state index is 11.8. The Morgan fingerprint density at radius 1 is 1.32 bits per heavy atom. The number of ether oxygens (including phenoxy) is 1. The lowest BCUT2D eigenvalue weighted by atomic mass is 10.2. The van der Waals surface area contributed by atoms with E-state index in [0.717, 1.165) is 24.8 Å². The molecule has 0 saturated carbocycles. The number of amides is 1. The summed E-state index contributed by atoms with van der Waals surface area (Å²) in [7, 11) is 0. The number of aryl methyl sites for hydroxylation is 1. The van der Waals surface area contributed by atoms with Crippen LogP contribution in [-0.2, 0) is 16.0 Å². The molecule has 2 aromatic rings. The van der Waals surface area contributed by atoms with Crippen molar-refractivity contribution in [1.29, 1.82) is 0 Å². The van der Waals surface area contributed by atoms with E-state index in [2.05, 4.69) is 15.5 Å². The number of hydrogen-bond donors (Lipinski definition) is 1.